The molecule has 0 aliphatic rings. The van der Waals surface area contributed by atoms with Gasteiger partial charge in [0.2, 0.25) is 0 Å². The van der Waals surface area contributed by atoms with Crippen molar-refractivity contribution in [2.45, 2.75) is 13.8 Å². The van der Waals surface area contributed by atoms with Crippen LogP contribution in [-0.4, -0.2) is 9.76 Å². The van der Waals surface area contributed by atoms with E-state index in [2.05, 4.69) is 0 Å². The van der Waals surface area contributed by atoms with Crippen LogP contribution in [0.1, 0.15) is 13.8 Å². The van der Waals surface area contributed by atoms with Gasteiger partial charge in [0.25, 0.3) is 0 Å². The summed E-state index contributed by atoms with van der Waals surface area (Å²) < 4.78 is 0. The van der Waals surface area contributed by atoms with E-state index in [4.69, 9.17) is 0 Å². The van der Waals surface area contributed by atoms with Gasteiger partial charge in [-0.1, -0.05) is 15.3 Å². The van der Waals surface area contributed by atoms with E-state index in [0.717, 1.165) is 5.57 Å². The van der Waals surface area contributed by atoms with E-state index in [9.17, 15) is 4.80 Å². The Kier molecular flexibility index (Phi) is 9.76. The van der Waals surface area contributed by atoms with E-state index < -0.39 is 0 Å². The first-order chi connectivity index (χ1) is 2.77. The molecule has 0 aromatic rings. The van der Waals surface area contributed by atoms with Gasteiger partial charge >= 0.3 is 18.9 Å². The fourth-order valence-corrected chi connectivity index (χ4v) is 0.354. The summed E-state index contributed by atoms with van der Waals surface area (Å²) in [6.45, 7) is 3.84. The van der Waals surface area contributed by atoms with Crippen LogP contribution in [0, 0.1) is 0 Å². The van der Waals surface area contributed by atoms with Crippen LogP contribution >= 0.6 is 0 Å². The van der Waals surface area contributed by atoms with Crippen molar-refractivity contribution in [3.63, 3.8) is 0 Å². The summed E-state index contributed by atoms with van der Waals surface area (Å²) in [4.78, 5) is 9.69. The van der Waals surface area contributed by atoms with E-state index in [-0.39, 0.29) is 28.6 Å². The third-order valence-corrected chi connectivity index (χ3v) is 1.04. The summed E-state index contributed by atoms with van der Waals surface area (Å²) in [6, 6.07) is 0. The molecule has 0 amide bonds. The molecule has 7 heavy (non-hydrogen) atoms. The molecule has 1 nitrogen and oxygen atoms in total. The van der Waals surface area contributed by atoms with Gasteiger partial charge in [0.05, 0.1) is 0 Å². The second-order valence-corrected chi connectivity index (χ2v) is 1.86. The molecule has 0 bridgehead atoms. The zero-order chi connectivity index (χ0) is 4.99. The summed E-state index contributed by atoms with van der Waals surface area (Å²) in [5, 5.41) is 0. The van der Waals surface area contributed by atoms with Crippen LogP contribution in [0.5, 0.6) is 0 Å². The molecule has 0 aromatic heterocycles. The van der Waals surface area contributed by atoms with Crippen molar-refractivity contribution >= 4 is 9.76 Å². The number of hydrogen-bond donors (Lipinski definition) is 0. The van der Waals surface area contributed by atoms with Gasteiger partial charge in [-0.3, -0.25) is 0 Å². The fraction of sp³-hybridized carbons (Fsp3) is 0.500. The van der Waals surface area contributed by atoms with Gasteiger partial charge in [0.1, 0.15) is 0 Å². The monoisotopic (exact) mass is 106 g/mol. The second-order valence-electron chi connectivity index (χ2n) is 1.34. The Balaban J connectivity index is 0. The van der Waals surface area contributed by atoms with E-state index in [1.165, 1.54) is 0 Å². The summed E-state index contributed by atoms with van der Waals surface area (Å²) in [5.74, 6) is 0. The Morgan fingerprint density at radius 1 is 1.57 bits per heavy atom. The Bertz CT molecular complexity index is 58.7. The predicted molar refractivity (Wildman–Crippen MR) is 25.2 cm³/mol. The minimum atomic E-state index is -0.274. The Hall–Kier alpha value is 0.514. The largest absolute Gasteiger partial charge is 1.00 e. The number of rotatable bonds is 1. The maximum absolute atomic E-state index is 9.69. The van der Waals surface area contributed by atoms with Gasteiger partial charge < -0.3 is 4.80 Å². The quantitative estimate of drug-likeness (QED) is 0.325. The molecule has 0 heterocycles. The molecule has 0 aliphatic carbocycles. The third kappa shape index (κ3) is 10.7. The summed E-state index contributed by atoms with van der Waals surface area (Å²) in [5.41, 5.74) is 2.79. The molecule has 34 valence electrons. The van der Waals surface area contributed by atoms with Gasteiger partial charge in [-0.2, -0.15) is 0 Å². The molecule has 0 aromatic carbocycles. The van der Waals surface area contributed by atoms with E-state index >= 15 is 0 Å². The maximum atomic E-state index is 9.69. The molecule has 0 spiro atoms. The van der Waals surface area contributed by atoms with Crippen LogP contribution in [-0.2, 0) is 0 Å². The Morgan fingerprint density at radius 3 is 2.00 bits per heavy atom. The van der Waals surface area contributed by atoms with Crippen molar-refractivity contribution in [3.05, 3.63) is 11.3 Å². The van der Waals surface area contributed by atoms with Crippen molar-refractivity contribution in [1.29, 1.82) is 0 Å². The first-order valence-corrected chi connectivity index (χ1v) is 2.77. The molecular weight excluding hydrogens is 99.1 g/mol. The molecule has 0 atom stereocenters. The smallest absolute Gasteiger partial charge is 0.860 e. The Labute approximate surface area is 58.9 Å². The minimum absolute atomic E-state index is 0. The van der Waals surface area contributed by atoms with E-state index in [0.29, 0.717) is 0 Å². The summed E-state index contributed by atoms with van der Waals surface area (Å²) >= 11 is 0. The number of hydrogen-bond acceptors (Lipinski definition) is 1. The zero-order valence-electron chi connectivity index (χ0n) is 4.99. The van der Waals surface area contributed by atoms with Crippen LogP contribution in [0.4, 0.5) is 0 Å². The predicted octanol–water partition coefficient (Wildman–Crippen LogP) is -3.11. The standard InChI is InChI=1S/C4H7OSi.Li/c1-4(2)3-6-5;/h3H,1-2H3;/q-1;+1. The van der Waals surface area contributed by atoms with Crippen LogP contribution in [0.15, 0.2) is 11.3 Å². The van der Waals surface area contributed by atoms with Crippen LogP contribution < -0.4 is 23.7 Å². The van der Waals surface area contributed by atoms with Crippen LogP contribution in [0.2, 0.25) is 0 Å². The molecule has 0 unspecified atom stereocenters. The average molecular weight is 106 g/mol. The molecule has 0 aliphatic heterocycles. The van der Waals surface area contributed by atoms with E-state index in [1.807, 2.05) is 13.8 Å². The first kappa shape index (κ1) is 10.5. The first-order valence-electron chi connectivity index (χ1n) is 1.78. The fourth-order valence-electron chi connectivity index (χ4n) is 0.118. The average Bonchev–Trinajstić information content (AvgIpc) is 1.35. The molecule has 2 radical (unpaired) electrons. The zero-order valence-corrected chi connectivity index (χ0v) is 5.99. The van der Waals surface area contributed by atoms with Crippen molar-refractivity contribution in [3.8, 4) is 0 Å². The minimum Gasteiger partial charge on any atom is -0.860 e. The second kappa shape index (κ2) is 6.51. The van der Waals surface area contributed by atoms with Crippen molar-refractivity contribution in [1.82, 2.24) is 0 Å². The van der Waals surface area contributed by atoms with Gasteiger partial charge in [-0.05, 0) is 13.8 Å². The summed E-state index contributed by atoms with van der Waals surface area (Å²) in [7, 11) is -0.274. The molecule has 0 N–H and O–H groups in total. The maximum Gasteiger partial charge on any atom is 1.00 e. The molecular formula is C4H7LiOSi. The van der Waals surface area contributed by atoms with Crippen molar-refractivity contribution < 1.29 is 23.7 Å². The van der Waals surface area contributed by atoms with Crippen molar-refractivity contribution in [2.75, 3.05) is 0 Å². The van der Waals surface area contributed by atoms with E-state index in [1.54, 1.807) is 5.70 Å². The number of allylic oxidation sites excluding steroid dienone is 1. The van der Waals surface area contributed by atoms with Crippen molar-refractivity contribution in [2.24, 2.45) is 0 Å². The topological polar surface area (TPSA) is 23.1 Å². The molecule has 0 fully saturated rings. The summed E-state index contributed by atoms with van der Waals surface area (Å²) in [6.07, 6.45) is 0. The normalized spacial score (nSPS) is 6.71. The Morgan fingerprint density at radius 2 is 2.00 bits per heavy atom. The SMILES string of the molecule is CC(C)=C[Si][O-].[Li+]. The van der Waals surface area contributed by atoms with Gasteiger partial charge in [-0.15, -0.1) is 5.70 Å². The third-order valence-electron chi connectivity index (χ3n) is 0.348. The van der Waals surface area contributed by atoms with Crippen LogP contribution in [0.3, 0.4) is 0 Å². The molecule has 0 rings (SSSR count). The van der Waals surface area contributed by atoms with Gasteiger partial charge in [0, 0.05) is 0 Å². The van der Waals surface area contributed by atoms with Gasteiger partial charge in [0.15, 0.2) is 0 Å². The molecule has 3 heteroatoms. The molecule has 0 saturated heterocycles. The molecule has 0 saturated carbocycles. The van der Waals surface area contributed by atoms with Crippen LogP contribution in [0.25, 0.3) is 0 Å². The van der Waals surface area contributed by atoms with Gasteiger partial charge in [-0.25, -0.2) is 0 Å².